The van der Waals surface area contributed by atoms with Crippen LogP contribution in [0.5, 0.6) is 5.75 Å². The number of para-hydroxylation sites is 2. The molecule has 2 aromatic carbocycles. The van der Waals surface area contributed by atoms with Crippen LogP contribution in [0.4, 0.5) is 0 Å². The second-order valence-corrected chi connectivity index (χ2v) is 6.49. The molecule has 0 saturated heterocycles. The van der Waals surface area contributed by atoms with Gasteiger partial charge in [0, 0.05) is 12.6 Å². The number of hydrogen-bond acceptors (Lipinski definition) is 3. The number of fused-ring (bicyclic) bond motifs is 1. The Morgan fingerprint density at radius 2 is 2.00 bits per heavy atom. The number of carbonyl (C=O) groups excluding carboxylic acids is 1. The molecule has 0 unspecified atom stereocenters. The number of ether oxygens (including phenoxy) is 1. The molecular weight excluding hydrogens is 314 g/mol. The first-order valence-electron chi connectivity index (χ1n) is 8.46. The van der Waals surface area contributed by atoms with Gasteiger partial charge in [-0.25, -0.2) is 4.98 Å². The van der Waals surface area contributed by atoms with Gasteiger partial charge < -0.3 is 14.6 Å². The third kappa shape index (κ3) is 3.99. The van der Waals surface area contributed by atoms with Gasteiger partial charge in [-0.1, -0.05) is 32.0 Å². The molecule has 3 aromatic rings. The van der Waals surface area contributed by atoms with Crippen LogP contribution in [0.1, 0.15) is 30.0 Å². The molecule has 5 heteroatoms. The molecule has 25 heavy (non-hydrogen) atoms. The van der Waals surface area contributed by atoms with Crippen LogP contribution in [0.15, 0.2) is 48.5 Å². The van der Waals surface area contributed by atoms with E-state index in [1.807, 2.05) is 48.0 Å². The summed E-state index contributed by atoms with van der Waals surface area (Å²) >= 11 is 0. The maximum Gasteiger partial charge on any atom is 0.251 e. The van der Waals surface area contributed by atoms with Crippen LogP contribution >= 0.6 is 0 Å². The Bertz CT molecular complexity index is 884. The van der Waals surface area contributed by atoms with Crippen LogP contribution in [-0.4, -0.2) is 22.1 Å². The molecule has 130 valence electrons. The summed E-state index contributed by atoms with van der Waals surface area (Å²) in [4.78, 5) is 17.0. The number of hydrogen-bond donors (Lipinski definition) is 1. The molecule has 0 fully saturated rings. The molecule has 0 atom stereocenters. The second kappa shape index (κ2) is 7.38. The minimum absolute atomic E-state index is 0.137. The lowest BCUT2D eigenvalue weighted by atomic mass is 10.2. The molecule has 1 aromatic heterocycles. The van der Waals surface area contributed by atoms with Crippen molar-refractivity contribution in [3.05, 3.63) is 59.9 Å². The van der Waals surface area contributed by atoms with Crippen molar-refractivity contribution in [2.24, 2.45) is 13.0 Å². The third-order valence-corrected chi connectivity index (χ3v) is 3.97. The third-order valence-electron chi connectivity index (χ3n) is 3.97. The van der Waals surface area contributed by atoms with E-state index in [0.717, 1.165) is 16.9 Å². The molecule has 1 amide bonds. The number of aryl methyl sites for hydroxylation is 1. The molecule has 0 aliphatic carbocycles. The number of nitrogens with one attached hydrogen (secondary N) is 1. The van der Waals surface area contributed by atoms with Crippen LogP contribution in [-0.2, 0) is 13.6 Å². The Balaban J connectivity index is 1.67. The normalized spacial score (nSPS) is 11.0. The summed E-state index contributed by atoms with van der Waals surface area (Å²) in [6.45, 7) is 5.19. The van der Waals surface area contributed by atoms with Crippen LogP contribution in [0.3, 0.4) is 0 Å². The predicted octanol–water partition coefficient (Wildman–Crippen LogP) is 3.54. The fourth-order valence-electron chi connectivity index (χ4n) is 2.60. The minimum atomic E-state index is -0.137. The molecule has 0 aliphatic rings. The van der Waals surface area contributed by atoms with Crippen molar-refractivity contribution < 1.29 is 9.53 Å². The SMILES string of the molecule is CC(C)COc1cccc(C(=O)NCc2nc3ccccc3n2C)c1. The lowest BCUT2D eigenvalue weighted by Crippen LogP contribution is -2.24. The minimum Gasteiger partial charge on any atom is -0.493 e. The highest BCUT2D eigenvalue weighted by Gasteiger charge is 2.11. The first-order valence-corrected chi connectivity index (χ1v) is 8.46. The number of carbonyl (C=O) groups is 1. The van der Waals surface area contributed by atoms with E-state index in [-0.39, 0.29) is 5.91 Å². The van der Waals surface area contributed by atoms with Crippen LogP contribution < -0.4 is 10.1 Å². The van der Waals surface area contributed by atoms with Gasteiger partial charge in [-0.15, -0.1) is 0 Å². The largest absolute Gasteiger partial charge is 0.493 e. The maximum absolute atomic E-state index is 12.4. The van der Waals surface area contributed by atoms with Crippen molar-refractivity contribution in [2.45, 2.75) is 20.4 Å². The fraction of sp³-hybridized carbons (Fsp3) is 0.300. The van der Waals surface area contributed by atoms with Crippen LogP contribution in [0, 0.1) is 5.92 Å². The smallest absolute Gasteiger partial charge is 0.251 e. The molecule has 3 rings (SSSR count). The Kier molecular flexibility index (Phi) is 5.03. The number of aromatic nitrogens is 2. The molecule has 0 spiro atoms. The van der Waals surface area contributed by atoms with E-state index < -0.39 is 0 Å². The summed E-state index contributed by atoms with van der Waals surface area (Å²) in [5.74, 6) is 1.84. The van der Waals surface area contributed by atoms with Gasteiger partial charge in [-0.2, -0.15) is 0 Å². The quantitative estimate of drug-likeness (QED) is 0.748. The summed E-state index contributed by atoms with van der Waals surface area (Å²) in [6, 6.07) is 15.2. The van der Waals surface area contributed by atoms with E-state index in [9.17, 15) is 4.79 Å². The number of imidazole rings is 1. The molecule has 1 heterocycles. The first-order chi connectivity index (χ1) is 12.0. The highest BCUT2D eigenvalue weighted by atomic mass is 16.5. The Labute approximate surface area is 147 Å². The average molecular weight is 337 g/mol. The Morgan fingerprint density at radius 3 is 2.76 bits per heavy atom. The summed E-state index contributed by atoms with van der Waals surface area (Å²) in [6.07, 6.45) is 0. The summed E-state index contributed by atoms with van der Waals surface area (Å²) in [5.41, 5.74) is 2.56. The molecule has 0 saturated carbocycles. The van der Waals surface area contributed by atoms with E-state index >= 15 is 0 Å². The monoisotopic (exact) mass is 337 g/mol. The van der Waals surface area contributed by atoms with Gasteiger partial charge >= 0.3 is 0 Å². The van der Waals surface area contributed by atoms with E-state index in [1.165, 1.54) is 0 Å². The van der Waals surface area contributed by atoms with E-state index in [2.05, 4.69) is 24.1 Å². The fourth-order valence-corrected chi connectivity index (χ4v) is 2.60. The van der Waals surface area contributed by atoms with E-state index in [0.29, 0.717) is 30.4 Å². The molecule has 0 radical (unpaired) electrons. The zero-order valence-electron chi connectivity index (χ0n) is 14.8. The summed E-state index contributed by atoms with van der Waals surface area (Å²) < 4.78 is 7.68. The topological polar surface area (TPSA) is 56.1 Å². The standard InChI is InChI=1S/C20H23N3O2/c1-14(2)13-25-16-8-6-7-15(11-16)20(24)21-12-19-22-17-9-4-5-10-18(17)23(19)3/h4-11,14H,12-13H2,1-3H3,(H,21,24). The highest BCUT2D eigenvalue weighted by molar-refractivity contribution is 5.94. The highest BCUT2D eigenvalue weighted by Crippen LogP contribution is 2.16. The summed E-state index contributed by atoms with van der Waals surface area (Å²) in [7, 11) is 1.96. The van der Waals surface area contributed by atoms with Crippen molar-refractivity contribution in [3.63, 3.8) is 0 Å². The van der Waals surface area contributed by atoms with Gasteiger partial charge in [0.15, 0.2) is 0 Å². The van der Waals surface area contributed by atoms with Gasteiger partial charge in [0.2, 0.25) is 0 Å². The Morgan fingerprint density at radius 1 is 1.20 bits per heavy atom. The van der Waals surface area contributed by atoms with Gasteiger partial charge in [-0.3, -0.25) is 4.79 Å². The van der Waals surface area contributed by atoms with Crippen LogP contribution in [0.25, 0.3) is 11.0 Å². The number of nitrogens with zero attached hydrogens (tertiary/aromatic N) is 2. The van der Waals surface area contributed by atoms with Crippen molar-refractivity contribution >= 4 is 16.9 Å². The van der Waals surface area contributed by atoms with E-state index in [4.69, 9.17) is 4.74 Å². The molecule has 1 N–H and O–H groups in total. The van der Waals surface area contributed by atoms with Crippen molar-refractivity contribution in [1.82, 2.24) is 14.9 Å². The molecule has 5 nitrogen and oxygen atoms in total. The zero-order valence-corrected chi connectivity index (χ0v) is 14.8. The number of benzene rings is 2. The zero-order chi connectivity index (χ0) is 17.8. The lowest BCUT2D eigenvalue weighted by molar-refractivity contribution is 0.0949. The number of amides is 1. The molecule has 0 bridgehead atoms. The van der Waals surface area contributed by atoms with Gasteiger partial charge in [0.25, 0.3) is 5.91 Å². The van der Waals surface area contributed by atoms with Gasteiger partial charge in [0.05, 0.1) is 24.2 Å². The van der Waals surface area contributed by atoms with Crippen molar-refractivity contribution in [2.75, 3.05) is 6.61 Å². The average Bonchev–Trinajstić information content (AvgIpc) is 2.94. The molecular formula is C20H23N3O2. The number of rotatable bonds is 6. The van der Waals surface area contributed by atoms with E-state index in [1.54, 1.807) is 12.1 Å². The second-order valence-electron chi connectivity index (χ2n) is 6.49. The lowest BCUT2D eigenvalue weighted by Gasteiger charge is -2.10. The first kappa shape index (κ1) is 17.0. The summed E-state index contributed by atoms with van der Waals surface area (Å²) in [5, 5.41) is 2.93. The Hall–Kier alpha value is -2.82. The van der Waals surface area contributed by atoms with Gasteiger partial charge in [-0.05, 0) is 36.2 Å². The van der Waals surface area contributed by atoms with Crippen LogP contribution in [0.2, 0.25) is 0 Å². The predicted molar refractivity (Wildman–Crippen MR) is 98.7 cm³/mol. The van der Waals surface area contributed by atoms with Crippen molar-refractivity contribution in [1.29, 1.82) is 0 Å². The maximum atomic E-state index is 12.4. The molecule has 0 aliphatic heterocycles. The van der Waals surface area contributed by atoms with Gasteiger partial charge in [0.1, 0.15) is 11.6 Å². The van der Waals surface area contributed by atoms with Crippen molar-refractivity contribution in [3.8, 4) is 5.75 Å².